The number of aldehydes is 1. The Morgan fingerprint density at radius 3 is 2.79 bits per heavy atom. The third-order valence-electron chi connectivity index (χ3n) is 2.68. The molecule has 14 heavy (non-hydrogen) atoms. The maximum atomic E-state index is 10.7. The van der Waals surface area contributed by atoms with Crippen molar-refractivity contribution in [2.24, 2.45) is 7.05 Å². The van der Waals surface area contributed by atoms with Crippen LogP contribution in [0.1, 0.15) is 23.0 Å². The number of hydrogen-bond donors (Lipinski definition) is 0. The van der Waals surface area contributed by atoms with Crippen molar-refractivity contribution in [3.05, 3.63) is 35.5 Å². The van der Waals surface area contributed by atoms with Crippen molar-refractivity contribution in [2.75, 3.05) is 0 Å². The molecule has 1 aromatic heterocycles. The third kappa shape index (κ3) is 1.23. The molecule has 2 nitrogen and oxygen atoms in total. The van der Waals surface area contributed by atoms with Crippen molar-refractivity contribution >= 4 is 17.2 Å². The van der Waals surface area contributed by atoms with Gasteiger partial charge in [-0.25, -0.2) is 0 Å². The molecule has 0 amide bonds. The van der Waals surface area contributed by atoms with Gasteiger partial charge >= 0.3 is 0 Å². The van der Waals surface area contributed by atoms with Crippen LogP contribution in [0.2, 0.25) is 0 Å². The molecular formula is C12H13NO. The van der Waals surface area contributed by atoms with E-state index in [1.807, 2.05) is 17.7 Å². The van der Waals surface area contributed by atoms with Gasteiger partial charge in [0.15, 0.2) is 6.29 Å². The minimum atomic E-state index is 0.730. The highest BCUT2D eigenvalue weighted by Gasteiger charge is 2.04. The van der Waals surface area contributed by atoms with Crippen LogP contribution in [0.15, 0.2) is 24.3 Å². The molecule has 0 atom stereocenters. The van der Waals surface area contributed by atoms with E-state index in [2.05, 4.69) is 25.1 Å². The molecule has 0 unspecified atom stereocenters. The Morgan fingerprint density at radius 1 is 1.36 bits per heavy atom. The van der Waals surface area contributed by atoms with Crippen molar-refractivity contribution in [3.63, 3.8) is 0 Å². The van der Waals surface area contributed by atoms with Gasteiger partial charge in [-0.2, -0.15) is 0 Å². The van der Waals surface area contributed by atoms with Gasteiger partial charge in [0.25, 0.3) is 0 Å². The number of carbonyl (C=O) groups excluding carboxylic acids is 1. The average molecular weight is 187 g/mol. The first kappa shape index (κ1) is 9.00. The monoisotopic (exact) mass is 187 g/mol. The molecule has 0 saturated heterocycles. The summed E-state index contributed by atoms with van der Waals surface area (Å²) in [6, 6.07) is 8.24. The number of aryl methyl sites for hydroxylation is 2. The maximum absolute atomic E-state index is 10.7. The van der Waals surface area contributed by atoms with Crippen molar-refractivity contribution in [1.82, 2.24) is 4.57 Å². The highest BCUT2D eigenvalue weighted by atomic mass is 16.1. The van der Waals surface area contributed by atoms with Gasteiger partial charge in [0, 0.05) is 18.0 Å². The Balaban J connectivity index is 2.74. The van der Waals surface area contributed by atoms with Crippen molar-refractivity contribution < 1.29 is 4.79 Å². The fraction of sp³-hybridized carbons (Fsp3) is 0.250. The Hall–Kier alpha value is -1.57. The van der Waals surface area contributed by atoms with Crippen molar-refractivity contribution in [2.45, 2.75) is 13.3 Å². The summed E-state index contributed by atoms with van der Waals surface area (Å²) >= 11 is 0. The molecule has 0 bridgehead atoms. The molecule has 0 fully saturated rings. The third-order valence-corrected chi connectivity index (χ3v) is 2.68. The van der Waals surface area contributed by atoms with Crippen molar-refractivity contribution in [3.8, 4) is 0 Å². The van der Waals surface area contributed by atoms with E-state index in [1.54, 1.807) is 0 Å². The number of fused-ring (bicyclic) bond motifs is 1. The fourth-order valence-corrected chi connectivity index (χ4v) is 1.73. The lowest BCUT2D eigenvalue weighted by Gasteiger charge is -2.00. The maximum Gasteiger partial charge on any atom is 0.166 e. The van der Waals surface area contributed by atoms with E-state index >= 15 is 0 Å². The summed E-state index contributed by atoms with van der Waals surface area (Å²) in [6.07, 6.45) is 1.92. The van der Waals surface area contributed by atoms with Gasteiger partial charge in [-0.1, -0.05) is 19.1 Å². The molecule has 0 aliphatic carbocycles. The molecule has 0 aliphatic rings. The molecule has 0 saturated carbocycles. The lowest BCUT2D eigenvalue weighted by atomic mass is 10.1. The van der Waals surface area contributed by atoms with Crippen LogP contribution in [0.25, 0.3) is 10.9 Å². The Labute approximate surface area is 83.2 Å². The van der Waals surface area contributed by atoms with E-state index < -0.39 is 0 Å². The zero-order valence-corrected chi connectivity index (χ0v) is 8.45. The number of carbonyl (C=O) groups is 1. The molecule has 1 aromatic carbocycles. The van der Waals surface area contributed by atoms with Crippen LogP contribution in [-0.2, 0) is 13.5 Å². The number of benzene rings is 1. The van der Waals surface area contributed by atoms with E-state index in [-0.39, 0.29) is 0 Å². The lowest BCUT2D eigenvalue weighted by Crippen LogP contribution is -1.93. The number of hydrogen-bond acceptors (Lipinski definition) is 1. The van der Waals surface area contributed by atoms with E-state index in [1.165, 1.54) is 5.56 Å². The van der Waals surface area contributed by atoms with Crippen molar-refractivity contribution in [1.29, 1.82) is 0 Å². The molecule has 0 spiro atoms. The standard InChI is InChI=1S/C12H13NO/c1-3-9-4-5-10-7-11(8-14)13(2)12(10)6-9/h4-8H,3H2,1-2H3. The molecule has 2 aromatic rings. The van der Waals surface area contributed by atoms with Gasteiger partial charge in [0.05, 0.1) is 5.69 Å². The summed E-state index contributed by atoms with van der Waals surface area (Å²) in [5.41, 5.74) is 3.16. The van der Waals surface area contributed by atoms with Crippen LogP contribution in [0.5, 0.6) is 0 Å². The lowest BCUT2D eigenvalue weighted by molar-refractivity contribution is 0.111. The largest absolute Gasteiger partial charge is 0.341 e. The van der Waals surface area contributed by atoms with Gasteiger partial charge in [0.2, 0.25) is 0 Å². The topological polar surface area (TPSA) is 22.0 Å². The quantitative estimate of drug-likeness (QED) is 0.662. The molecule has 2 heteroatoms. The number of rotatable bonds is 2. The first-order valence-corrected chi connectivity index (χ1v) is 4.79. The molecule has 1 heterocycles. The smallest absolute Gasteiger partial charge is 0.166 e. The summed E-state index contributed by atoms with van der Waals surface area (Å²) < 4.78 is 1.93. The van der Waals surface area contributed by atoms with Crippen LogP contribution in [0, 0.1) is 0 Å². The second kappa shape index (κ2) is 3.29. The first-order chi connectivity index (χ1) is 6.76. The van der Waals surface area contributed by atoms with Crippen LogP contribution >= 0.6 is 0 Å². The second-order valence-corrected chi connectivity index (χ2v) is 3.49. The Bertz CT molecular complexity index is 482. The predicted octanol–water partition coefficient (Wildman–Crippen LogP) is 2.55. The Morgan fingerprint density at radius 2 is 2.14 bits per heavy atom. The summed E-state index contributed by atoms with van der Waals surface area (Å²) in [6.45, 7) is 2.13. The minimum Gasteiger partial charge on any atom is -0.341 e. The summed E-state index contributed by atoms with van der Waals surface area (Å²) in [5.74, 6) is 0. The van der Waals surface area contributed by atoms with Gasteiger partial charge in [-0.3, -0.25) is 4.79 Å². The van der Waals surface area contributed by atoms with E-state index in [0.29, 0.717) is 0 Å². The average Bonchev–Trinajstić information content (AvgIpc) is 2.55. The van der Waals surface area contributed by atoms with Gasteiger partial charge in [-0.05, 0) is 24.1 Å². The molecule has 0 N–H and O–H groups in total. The molecule has 0 radical (unpaired) electrons. The molecule has 2 rings (SSSR count). The van der Waals surface area contributed by atoms with Crippen LogP contribution < -0.4 is 0 Å². The first-order valence-electron chi connectivity index (χ1n) is 4.79. The SMILES string of the molecule is CCc1ccc2cc(C=O)n(C)c2c1. The number of nitrogens with zero attached hydrogens (tertiary/aromatic N) is 1. The summed E-state index contributed by atoms with van der Waals surface area (Å²) in [7, 11) is 1.92. The normalized spacial score (nSPS) is 10.7. The van der Waals surface area contributed by atoms with E-state index in [9.17, 15) is 4.79 Å². The van der Waals surface area contributed by atoms with Gasteiger partial charge in [-0.15, -0.1) is 0 Å². The van der Waals surface area contributed by atoms with Crippen LogP contribution in [-0.4, -0.2) is 10.9 Å². The number of aromatic nitrogens is 1. The van der Waals surface area contributed by atoms with E-state index in [0.717, 1.165) is 29.3 Å². The van der Waals surface area contributed by atoms with E-state index in [4.69, 9.17) is 0 Å². The highest BCUT2D eigenvalue weighted by Crippen LogP contribution is 2.19. The molecule has 72 valence electrons. The van der Waals surface area contributed by atoms with Gasteiger partial charge < -0.3 is 4.57 Å². The Kier molecular flexibility index (Phi) is 2.12. The summed E-state index contributed by atoms with van der Waals surface area (Å²) in [5, 5.41) is 1.13. The highest BCUT2D eigenvalue weighted by molar-refractivity contribution is 5.89. The zero-order valence-electron chi connectivity index (χ0n) is 8.45. The van der Waals surface area contributed by atoms with Gasteiger partial charge in [0.1, 0.15) is 0 Å². The predicted molar refractivity (Wildman–Crippen MR) is 57.7 cm³/mol. The molecule has 0 aliphatic heterocycles. The van der Waals surface area contributed by atoms with Crippen LogP contribution in [0.3, 0.4) is 0 Å². The summed E-state index contributed by atoms with van der Waals surface area (Å²) in [4.78, 5) is 10.7. The zero-order chi connectivity index (χ0) is 10.1. The second-order valence-electron chi connectivity index (χ2n) is 3.49. The molecular weight excluding hydrogens is 174 g/mol. The minimum absolute atomic E-state index is 0.730. The van der Waals surface area contributed by atoms with Crippen LogP contribution in [0.4, 0.5) is 0 Å². The fourth-order valence-electron chi connectivity index (χ4n) is 1.73.